The van der Waals surface area contributed by atoms with Crippen molar-refractivity contribution in [2.24, 2.45) is 5.92 Å². The summed E-state index contributed by atoms with van der Waals surface area (Å²) in [6, 6.07) is -0.176. The van der Waals surface area contributed by atoms with Gasteiger partial charge in [0.1, 0.15) is 5.92 Å². The number of carboxylic acid groups (broad SMARTS) is 1. The standard InChI is InChI=1S/C11H21NO5/c1-8(7-17-4)12(5-6-16-3)10(13)9(2)11(14)15/h8-9H,5-7H2,1-4H3,(H,14,15). The quantitative estimate of drug-likeness (QED) is 0.621. The Hall–Kier alpha value is -1.14. The Bertz CT molecular complexity index is 256. The van der Waals surface area contributed by atoms with Crippen LogP contribution in [0.5, 0.6) is 0 Å². The Kier molecular flexibility index (Phi) is 7.49. The molecule has 0 aliphatic carbocycles. The molecule has 0 saturated carbocycles. The Morgan fingerprint density at radius 1 is 1.24 bits per heavy atom. The van der Waals surface area contributed by atoms with Crippen LogP contribution >= 0.6 is 0 Å². The third-order valence-electron chi connectivity index (χ3n) is 2.50. The molecule has 6 heteroatoms. The summed E-state index contributed by atoms with van der Waals surface area (Å²) in [7, 11) is 3.07. The van der Waals surface area contributed by atoms with E-state index in [9.17, 15) is 9.59 Å². The topological polar surface area (TPSA) is 76.1 Å². The minimum absolute atomic E-state index is 0.176. The van der Waals surface area contributed by atoms with E-state index in [1.165, 1.54) is 26.0 Å². The number of hydrogen-bond donors (Lipinski definition) is 1. The smallest absolute Gasteiger partial charge is 0.315 e. The zero-order valence-corrected chi connectivity index (χ0v) is 10.8. The minimum Gasteiger partial charge on any atom is -0.481 e. The maximum atomic E-state index is 11.9. The predicted molar refractivity (Wildman–Crippen MR) is 61.7 cm³/mol. The van der Waals surface area contributed by atoms with Crippen LogP contribution in [-0.4, -0.2) is 61.9 Å². The van der Waals surface area contributed by atoms with Gasteiger partial charge in [-0.1, -0.05) is 0 Å². The molecule has 2 unspecified atom stereocenters. The molecule has 0 aliphatic rings. The maximum absolute atomic E-state index is 11.9. The number of aliphatic carboxylic acids is 1. The van der Waals surface area contributed by atoms with Crippen LogP contribution in [0.3, 0.4) is 0 Å². The van der Waals surface area contributed by atoms with Gasteiger partial charge < -0.3 is 19.5 Å². The van der Waals surface area contributed by atoms with Gasteiger partial charge in [-0.05, 0) is 13.8 Å². The van der Waals surface area contributed by atoms with Crippen molar-refractivity contribution in [3.8, 4) is 0 Å². The van der Waals surface area contributed by atoms with E-state index in [0.717, 1.165) is 0 Å². The van der Waals surface area contributed by atoms with Gasteiger partial charge in [0.05, 0.1) is 19.3 Å². The summed E-state index contributed by atoms with van der Waals surface area (Å²) in [5.74, 6) is -2.59. The van der Waals surface area contributed by atoms with Crippen molar-refractivity contribution >= 4 is 11.9 Å². The Morgan fingerprint density at radius 3 is 2.24 bits per heavy atom. The molecule has 17 heavy (non-hydrogen) atoms. The van der Waals surface area contributed by atoms with E-state index in [2.05, 4.69) is 0 Å². The van der Waals surface area contributed by atoms with Gasteiger partial charge in [-0.25, -0.2) is 0 Å². The van der Waals surface area contributed by atoms with Crippen molar-refractivity contribution in [2.45, 2.75) is 19.9 Å². The first-order chi connectivity index (χ1) is 7.95. The second-order valence-corrected chi connectivity index (χ2v) is 3.89. The number of rotatable bonds is 8. The first-order valence-corrected chi connectivity index (χ1v) is 5.46. The van der Waals surface area contributed by atoms with Gasteiger partial charge in [-0.15, -0.1) is 0 Å². The lowest BCUT2D eigenvalue weighted by molar-refractivity contribution is -0.152. The molecule has 0 aromatic heterocycles. The molecule has 0 bridgehead atoms. The molecular weight excluding hydrogens is 226 g/mol. The van der Waals surface area contributed by atoms with Gasteiger partial charge in [-0.2, -0.15) is 0 Å². The molecule has 0 aliphatic heterocycles. The zero-order valence-electron chi connectivity index (χ0n) is 10.8. The number of nitrogens with zero attached hydrogens (tertiary/aromatic N) is 1. The molecule has 2 atom stereocenters. The summed E-state index contributed by atoms with van der Waals surface area (Å²) in [5, 5.41) is 8.83. The Morgan fingerprint density at radius 2 is 1.82 bits per heavy atom. The normalized spacial score (nSPS) is 14.1. The number of hydrogen-bond acceptors (Lipinski definition) is 4. The van der Waals surface area contributed by atoms with Crippen molar-refractivity contribution in [1.82, 2.24) is 4.90 Å². The van der Waals surface area contributed by atoms with Crippen LogP contribution < -0.4 is 0 Å². The van der Waals surface area contributed by atoms with E-state index in [1.54, 1.807) is 0 Å². The predicted octanol–water partition coefficient (Wildman–Crippen LogP) is 0.217. The molecule has 0 heterocycles. The van der Waals surface area contributed by atoms with E-state index in [4.69, 9.17) is 14.6 Å². The first kappa shape index (κ1) is 15.9. The van der Waals surface area contributed by atoms with Gasteiger partial charge >= 0.3 is 5.97 Å². The fraction of sp³-hybridized carbons (Fsp3) is 0.818. The van der Waals surface area contributed by atoms with E-state index in [1.807, 2.05) is 6.92 Å². The van der Waals surface area contributed by atoms with Gasteiger partial charge in [0.2, 0.25) is 5.91 Å². The van der Waals surface area contributed by atoms with E-state index < -0.39 is 17.8 Å². The minimum atomic E-state index is -1.12. The lowest BCUT2D eigenvalue weighted by Gasteiger charge is -2.30. The van der Waals surface area contributed by atoms with E-state index in [-0.39, 0.29) is 6.04 Å². The van der Waals surface area contributed by atoms with Crippen molar-refractivity contribution < 1.29 is 24.2 Å². The van der Waals surface area contributed by atoms with Crippen molar-refractivity contribution in [2.75, 3.05) is 34.0 Å². The van der Waals surface area contributed by atoms with Crippen LogP contribution in [-0.2, 0) is 19.1 Å². The number of amides is 1. The largest absolute Gasteiger partial charge is 0.481 e. The van der Waals surface area contributed by atoms with Crippen molar-refractivity contribution in [1.29, 1.82) is 0 Å². The molecule has 0 spiro atoms. The van der Waals surface area contributed by atoms with Crippen LogP contribution in [0.4, 0.5) is 0 Å². The van der Waals surface area contributed by atoms with E-state index >= 15 is 0 Å². The van der Waals surface area contributed by atoms with E-state index in [0.29, 0.717) is 19.8 Å². The third-order valence-corrected chi connectivity index (χ3v) is 2.50. The van der Waals surface area contributed by atoms with Crippen LogP contribution in [0.15, 0.2) is 0 Å². The maximum Gasteiger partial charge on any atom is 0.315 e. The molecule has 0 radical (unpaired) electrons. The summed E-state index contributed by atoms with van der Waals surface area (Å²) in [6.45, 7) is 4.28. The molecule has 0 saturated heterocycles. The van der Waals surface area contributed by atoms with Crippen LogP contribution in [0.2, 0.25) is 0 Å². The fourth-order valence-electron chi connectivity index (χ4n) is 1.42. The average Bonchev–Trinajstić information content (AvgIpc) is 2.28. The van der Waals surface area contributed by atoms with Gasteiger partial charge in [-0.3, -0.25) is 9.59 Å². The molecule has 100 valence electrons. The third kappa shape index (κ3) is 5.14. The second-order valence-electron chi connectivity index (χ2n) is 3.89. The van der Waals surface area contributed by atoms with Crippen molar-refractivity contribution in [3.63, 3.8) is 0 Å². The highest BCUT2D eigenvalue weighted by Gasteiger charge is 2.28. The lowest BCUT2D eigenvalue weighted by Crippen LogP contribution is -2.46. The molecule has 0 rings (SSSR count). The summed E-state index contributed by atoms with van der Waals surface area (Å²) in [6.07, 6.45) is 0. The fourth-order valence-corrected chi connectivity index (χ4v) is 1.42. The second kappa shape index (κ2) is 8.03. The average molecular weight is 247 g/mol. The summed E-state index contributed by atoms with van der Waals surface area (Å²) >= 11 is 0. The summed E-state index contributed by atoms with van der Waals surface area (Å²) in [5.41, 5.74) is 0. The number of methoxy groups -OCH3 is 2. The van der Waals surface area contributed by atoms with Crippen molar-refractivity contribution in [3.05, 3.63) is 0 Å². The monoisotopic (exact) mass is 247 g/mol. The highest BCUT2D eigenvalue weighted by Crippen LogP contribution is 2.08. The van der Waals surface area contributed by atoms with Crippen LogP contribution in [0.1, 0.15) is 13.8 Å². The summed E-state index contributed by atoms with van der Waals surface area (Å²) in [4.78, 5) is 24.2. The highest BCUT2D eigenvalue weighted by atomic mass is 16.5. The number of carbonyl (C=O) groups is 2. The Balaban J connectivity index is 4.65. The molecular formula is C11H21NO5. The molecule has 6 nitrogen and oxygen atoms in total. The van der Waals surface area contributed by atoms with Gasteiger partial charge in [0, 0.05) is 20.8 Å². The molecule has 1 amide bonds. The van der Waals surface area contributed by atoms with Crippen LogP contribution in [0.25, 0.3) is 0 Å². The number of ether oxygens (including phenoxy) is 2. The SMILES string of the molecule is COCCN(C(=O)C(C)C(=O)O)C(C)COC. The first-order valence-electron chi connectivity index (χ1n) is 5.46. The number of carbonyl (C=O) groups excluding carboxylic acids is 1. The molecule has 0 aromatic carbocycles. The molecule has 0 aromatic rings. The Labute approximate surface area is 101 Å². The van der Waals surface area contributed by atoms with Gasteiger partial charge in [0.15, 0.2) is 0 Å². The summed E-state index contributed by atoms with van der Waals surface area (Å²) < 4.78 is 9.88. The molecule has 0 fully saturated rings. The molecule has 1 N–H and O–H groups in total. The lowest BCUT2D eigenvalue weighted by atomic mass is 10.1. The highest BCUT2D eigenvalue weighted by molar-refractivity contribution is 5.96. The van der Waals surface area contributed by atoms with Crippen LogP contribution in [0, 0.1) is 5.92 Å². The van der Waals surface area contributed by atoms with Gasteiger partial charge in [0.25, 0.3) is 0 Å². The number of carboxylic acids is 1. The zero-order chi connectivity index (χ0) is 13.4.